The molecule has 0 spiro atoms. The number of rotatable bonds is 4. The normalized spacial score (nSPS) is 10.9. The molecule has 0 saturated heterocycles. The summed E-state index contributed by atoms with van der Waals surface area (Å²) in [5.41, 5.74) is 2.63. The van der Waals surface area contributed by atoms with Crippen LogP contribution in [0.15, 0.2) is 59.3 Å². The molecule has 0 saturated carbocycles. The molecule has 1 heterocycles. The van der Waals surface area contributed by atoms with Crippen LogP contribution >= 0.6 is 0 Å². The van der Waals surface area contributed by atoms with Crippen molar-refractivity contribution in [1.82, 2.24) is 10.4 Å². The molecule has 5 heteroatoms. The molecule has 0 atom stereocenters. The quantitative estimate of drug-likeness (QED) is 0.743. The first kappa shape index (κ1) is 13.8. The molecular formula is C17H12N2O3. The van der Waals surface area contributed by atoms with Crippen LogP contribution in [0.1, 0.15) is 21.5 Å². The van der Waals surface area contributed by atoms with Gasteiger partial charge in [-0.25, -0.2) is 4.79 Å². The van der Waals surface area contributed by atoms with Crippen molar-refractivity contribution in [1.29, 1.82) is 0 Å². The average molecular weight is 292 g/mol. The van der Waals surface area contributed by atoms with Gasteiger partial charge in [-0.2, -0.15) is 0 Å². The van der Waals surface area contributed by atoms with Crippen LogP contribution in [0, 0.1) is 0 Å². The Bertz CT molecular complexity index is 809. The molecule has 1 N–H and O–H groups in total. The number of nitrogens with zero attached hydrogens (tertiary/aromatic N) is 2. The van der Waals surface area contributed by atoms with Crippen LogP contribution in [-0.2, 0) is 0 Å². The van der Waals surface area contributed by atoms with Gasteiger partial charge in [-0.15, -0.1) is 5.10 Å². The molecule has 0 amide bonds. The topological polar surface area (TPSA) is 76.2 Å². The molecule has 5 nitrogen and oxygen atoms in total. The van der Waals surface area contributed by atoms with Gasteiger partial charge in [0.05, 0.1) is 5.56 Å². The molecule has 0 fully saturated rings. The van der Waals surface area contributed by atoms with E-state index in [1.54, 1.807) is 24.3 Å². The molecular weight excluding hydrogens is 280 g/mol. The van der Waals surface area contributed by atoms with Crippen molar-refractivity contribution < 1.29 is 14.4 Å². The third kappa shape index (κ3) is 2.78. The first-order valence-corrected chi connectivity index (χ1v) is 6.62. The maximum Gasteiger partial charge on any atom is 0.336 e. The van der Waals surface area contributed by atoms with E-state index >= 15 is 0 Å². The van der Waals surface area contributed by atoms with Crippen molar-refractivity contribution in [2.24, 2.45) is 0 Å². The fraction of sp³-hybridized carbons (Fsp3) is 0. The zero-order valence-electron chi connectivity index (χ0n) is 11.5. The van der Waals surface area contributed by atoms with Gasteiger partial charge in [0, 0.05) is 10.8 Å². The standard InChI is InChI=1S/C17H12N2O3/c20-17(21)16-13(10-9-12-5-2-1-3-6-12)7-4-8-14(16)15-11-22-19-18-15/h1-11H,(H,20,21). The van der Waals surface area contributed by atoms with Crippen molar-refractivity contribution >= 4 is 18.1 Å². The zero-order valence-corrected chi connectivity index (χ0v) is 11.5. The lowest BCUT2D eigenvalue weighted by Gasteiger charge is -2.06. The number of aromatic nitrogens is 2. The van der Waals surface area contributed by atoms with E-state index in [0.717, 1.165) is 5.56 Å². The number of hydrogen-bond acceptors (Lipinski definition) is 4. The first-order chi connectivity index (χ1) is 10.8. The van der Waals surface area contributed by atoms with Crippen LogP contribution in [0.4, 0.5) is 0 Å². The molecule has 1 aromatic heterocycles. The van der Waals surface area contributed by atoms with Crippen LogP contribution in [0.5, 0.6) is 0 Å². The second-order valence-corrected chi connectivity index (χ2v) is 4.61. The van der Waals surface area contributed by atoms with Crippen LogP contribution < -0.4 is 0 Å². The highest BCUT2D eigenvalue weighted by Gasteiger charge is 2.17. The Morgan fingerprint density at radius 2 is 1.86 bits per heavy atom. The van der Waals surface area contributed by atoms with Gasteiger partial charge in [0.1, 0.15) is 5.69 Å². The lowest BCUT2D eigenvalue weighted by molar-refractivity contribution is 0.0697. The monoisotopic (exact) mass is 292 g/mol. The molecule has 0 bridgehead atoms. The molecule has 0 aliphatic heterocycles. The summed E-state index contributed by atoms with van der Waals surface area (Å²) in [5, 5.41) is 16.7. The van der Waals surface area contributed by atoms with Gasteiger partial charge >= 0.3 is 5.97 Å². The van der Waals surface area contributed by atoms with E-state index in [1.165, 1.54) is 6.26 Å². The van der Waals surface area contributed by atoms with Gasteiger partial charge in [-0.05, 0) is 11.1 Å². The van der Waals surface area contributed by atoms with Crippen molar-refractivity contribution in [3.05, 3.63) is 71.5 Å². The SMILES string of the molecule is O=C(O)c1c(C=Cc2ccccc2)cccc1-c1conn1. The fourth-order valence-electron chi connectivity index (χ4n) is 2.19. The molecule has 0 unspecified atom stereocenters. The number of hydrogen-bond donors (Lipinski definition) is 1. The van der Waals surface area contributed by atoms with E-state index in [2.05, 4.69) is 10.4 Å². The Labute approximate surface area is 126 Å². The molecule has 2 aromatic carbocycles. The third-order valence-electron chi connectivity index (χ3n) is 3.20. The second-order valence-electron chi connectivity index (χ2n) is 4.61. The molecule has 0 aliphatic rings. The van der Waals surface area contributed by atoms with E-state index in [0.29, 0.717) is 16.8 Å². The first-order valence-electron chi connectivity index (χ1n) is 6.62. The Morgan fingerprint density at radius 1 is 1.05 bits per heavy atom. The summed E-state index contributed by atoms with van der Waals surface area (Å²) in [4.78, 5) is 11.6. The van der Waals surface area contributed by atoms with Crippen molar-refractivity contribution in [2.75, 3.05) is 0 Å². The summed E-state index contributed by atoms with van der Waals surface area (Å²) in [5.74, 6) is -1.02. The predicted molar refractivity (Wildman–Crippen MR) is 82.1 cm³/mol. The van der Waals surface area contributed by atoms with E-state index in [-0.39, 0.29) is 5.56 Å². The second kappa shape index (κ2) is 6.05. The number of carboxylic acid groups (broad SMARTS) is 1. The van der Waals surface area contributed by atoms with E-state index in [4.69, 9.17) is 4.52 Å². The zero-order chi connectivity index (χ0) is 15.4. The van der Waals surface area contributed by atoms with Gasteiger partial charge in [0.2, 0.25) is 0 Å². The number of carbonyl (C=O) groups is 1. The van der Waals surface area contributed by atoms with Gasteiger partial charge in [0.25, 0.3) is 0 Å². The number of carboxylic acids is 1. The summed E-state index contributed by atoms with van der Waals surface area (Å²) in [7, 11) is 0. The minimum atomic E-state index is -1.02. The van der Waals surface area contributed by atoms with E-state index < -0.39 is 5.97 Å². The summed E-state index contributed by atoms with van der Waals surface area (Å²) in [6.07, 6.45) is 4.97. The summed E-state index contributed by atoms with van der Waals surface area (Å²) < 4.78 is 4.70. The lowest BCUT2D eigenvalue weighted by atomic mass is 9.98. The van der Waals surface area contributed by atoms with E-state index in [1.807, 2.05) is 36.4 Å². The average Bonchev–Trinajstić information content (AvgIpc) is 3.07. The van der Waals surface area contributed by atoms with Crippen molar-refractivity contribution in [3.8, 4) is 11.3 Å². The number of benzene rings is 2. The maximum atomic E-state index is 11.6. The highest BCUT2D eigenvalue weighted by Crippen LogP contribution is 2.26. The van der Waals surface area contributed by atoms with Gasteiger partial charge in [0.15, 0.2) is 6.26 Å². The molecule has 22 heavy (non-hydrogen) atoms. The number of aromatic carboxylic acids is 1. The molecule has 3 rings (SSSR count). The van der Waals surface area contributed by atoms with Gasteiger partial charge in [-0.1, -0.05) is 60.7 Å². The molecule has 3 aromatic rings. The molecule has 108 valence electrons. The van der Waals surface area contributed by atoms with Crippen LogP contribution in [0.25, 0.3) is 23.4 Å². The summed E-state index contributed by atoms with van der Waals surface area (Å²) >= 11 is 0. The fourth-order valence-corrected chi connectivity index (χ4v) is 2.19. The van der Waals surface area contributed by atoms with Gasteiger partial charge in [-0.3, -0.25) is 0 Å². The highest BCUT2D eigenvalue weighted by atomic mass is 16.5. The summed E-state index contributed by atoms with van der Waals surface area (Å²) in [6, 6.07) is 14.9. The Balaban J connectivity index is 2.07. The predicted octanol–water partition coefficient (Wildman–Crippen LogP) is 3.61. The van der Waals surface area contributed by atoms with Crippen LogP contribution in [0.3, 0.4) is 0 Å². The highest BCUT2D eigenvalue weighted by molar-refractivity contribution is 6.00. The lowest BCUT2D eigenvalue weighted by Crippen LogP contribution is -2.03. The largest absolute Gasteiger partial charge is 0.478 e. The molecule has 0 radical (unpaired) electrons. The smallest absolute Gasteiger partial charge is 0.336 e. The Hall–Kier alpha value is -3.21. The van der Waals surface area contributed by atoms with Crippen LogP contribution in [-0.4, -0.2) is 21.4 Å². The maximum absolute atomic E-state index is 11.6. The summed E-state index contributed by atoms with van der Waals surface area (Å²) in [6.45, 7) is 0. The van der Waals surface area contributed by atoms with Crippen molar-refractivity contribution in [2.45, 2.75) is 0 Å². The minimum absolute atomic E-state index is 0.172. The minimum Gasteiger partial charge on any atom is -0.478 e. The Kier molecular flexibility index (Phi) is 3.78. The van der Waals surface area contributed by atoms with Gasteiger partial charge < -0.3 is 9.63 Å². The Morgan fingerprint density at radius 3 is 2.55 bits per heavy atom. The van der Waals surface area contributed by atoms with E-state index in [9.17, 15) is 9.90 Å². The van der Waals surface area contributed by atoms with Crippen LogP contribution in [0.2, 0.25) is 0 Å². The molecule has 0 aliphatic carbocycles. The van der Waals surface area contributed by atoms with Crippen molar-refractivity contribution in [3.63, 3.8) is 0 Å². The third-order valence-corrected chi connectivity index (χ3v) is 3.20.